The summed E-state index contributed by atoms with van der Waals surface area (Å²) in [6, 6.07) is 7.66. The Morgan fingerprint density at radius 1 is 1.43 bits per heavy atom. The number of hydrogen-bond donors (Lipinski definition) is 0. The van der Waals surface area contributed by atoms with E-state index in [2.05, 4.69) is 0 Å². The molecule has 72 valence electrons. The maximum Gasteiger partial charge on any atom is 0.339 e. The van der Waals surface area contributed by atoms with Crippen molar-refractivity contribution in [1.29, 1.82) is 0 Å². The molecule has 0 atom stereocenters. The van der Waals surface area contributed by atoms with Gasteiger partial charge in [-0.1, -0.05) is 6.07 Å². The topological polar surface area (TPSA) is 30.7 Å². The van der Waals surface area contributed by atoms with Crippen LogP contribution in [0.1, 0.15) is 16.1 Å². The highest BCUT2D eigenvalue weighted by Crippen LogP contribution is 2.16. The van der Waals surface area contributed by atoms with Crippen LogP contribution in [0.4, 0.5) is 0 Å². The molecule has 0 saturated heterocycles. The van der Waals surface area contributed by atoms with Crippen LogP contribution in [0.15, 0.2) is 30.5 Å². The van der Waals surface area contributed by atoms with Gasteiger partial charge in [0.05, 0.1) is 12.7 Å². The number of carbonyl (C=O) groups excluding carboxylic acids is 1. The molecule has 0 N–H and O–H groups in total. The molecule has 2 heterocycles. The fraction of sp³-hybridized carbons (Fsp3) is 0.182. The normalized spacial score (nSPS) is 10.4. The van der Waals surface area contributed by atoms with Gasteiger partial charge in [0.2, 0.25) is 0 Å². The number of hydrogen-bond acceptors (Lipinski definition) is 2. The van der Waals surface area contributed by atoms with E-state index in [1.165, 1.54) is 7.11 Å². The molecule has 0 aromatic carbocycles. The van der Waals surface area contributed by atoms with Gasteiger partial charge in [0.1, 0.15) is 0 Å². The van der Waals surface area contributed by atoms with Crippen LogP contribution in [0.3, 0.4) is 0 Å². The van der Waals surface area contributed by atoms with Crippen LogP contribution in [0.2, 0.25) is 0 Å². The van der Waals surface area contributed by atoms with Crippen LogP contribution >= 0.6 is 0 Å². The van der Waals surface area contributed by atoms with Gasteiger partial charge in [-0.15, -0.1) is 0 Å². The molecule has 0 unspecified atom stereocenters. The van der Waals surface area contributed by atoms with E-state index in [0.717, 1.165) is 11.2 Å². The van der Waals surface area contributed by atoms with Crippen molar-refractivity contribution in [3.63, 3.8) is 0 Å². The molecule has 0 aliphatic rings. The summed E-state index contributed by atoms with van der Waals surface area (Å²) in [4.78, 5) is 11.4. The van der Waals surface area contributed by atoms with Crippen molar-refractivity contribution in [2.45, 2.75) is 6.92 Å². The van der Waals surface area contributed by atoms with Crippen molar-refractivity contribution < 1.29 is 9.53 Å². The molecule has 0 saturated carbocycles. The summed E-state index contributed by atoms with van der Waals surface area (Å²) in [5.74, 6) is -0.286. The lowest BCUT2D eigenvalue weighted by molar-refractivity contribution is 0.0600. The molecule has 0 spiro atoms. The smallest absolute Gasteiger partial charge is 0.339 e. The van der Waals surface area contributed by atoms with E-state index < -0.39 is 0 Å². The Morgan fingerprint density at radius 3 is 2.86 bits per heavy atom. The second-order valence-corrected chi connectivity index (χ2v) is 3.13. The first-order chi connectivity index (χ1) is 6.74. The number of rotatable bonds is 1. The minimum absolute atomic E-state index is 0.286. The standard InChI is InChI=1S/C11H11NO2/c1-8-10(11(13)14-2)7-9-5-3-4-6-12(8)9/h3-7H,1-2H3. The van der Waals surface area contributed by atoms with Gasteiger partial charge in [0, 0.05) is 17.4 Å². The molecular weight excluding hydrogens is 178 g/mol. The average molecular weight is 189 g/mol. The van der Waals surface area contributed by atoms with Crippen LogP contribution in [-0.4, -0.2) is 17.5 Å². The van der Waals surface area contributed by atoms with Gasteiger partial charge >= 0.3 is 5.97 Å². The largest absolute Gasteiger partial charge is 0.465 e. The molecule has 0 fully saturated rings. The van der Waals surface area contributed by atoms with Crippen molar-refractivity contribution in [2.75, 3.05) is 7.11 Å². The maximum absolute atomic E-state index is 11.4. The lowest BCUT2D eigenvalue weighted by Gasteiger charge is -1.98. The van der Waals surface area contributed by atoms with Gasteiger partial charge in [-0.25, -0.2) is 4.79 Å². The van der Waals surface area contributed by atoms with Crippen LogP contribution in [0.5, 0.6) is 0 Å². The Hall–Kier alpha value is -1.77. The van der Waals surface area contributed by atoms with Crippen molar-refractivity contribution in [3.8, 4) is 0 Å². The van der Waals surface area contributed by atoms with E-state index in [1.54, 1.807) is 0 Å². The highest BCUT2D eigenvalue weighted by atomic mass is 16.5. The highest BCUT2D eigenvalue weighted by molar-refractivity contribution is 5.92. The number of carbonyl (C=O) groups is 1. The molecule has 0 aliphatic heterocycles. The fourth-order valence-corrected chi connectivity index (χ4v) is 1.58. The zero-order valence-corrected chi connectivity index (χ0v) is 8.15. The van der Waals surface area contributed by atoms with E-state index in [0.29, 0.717) is 5.56 Å². The monoisotopic (exact) mass is 189 g/mol. The Labute approximate surface area is 81.9 Å². The third-order valence-corrected chi connectivity index (χ3v) is 2.34. The van der Waals surface area contributed by atoms with Crippen molar-refractivity contribution >= 4 is 11.5 Å². The summed E-state index contributed by atoms with van der Waals surface area (Å²) >= 11 is 0. The summed E-state index contributed by atoms with van der Waals surface area (Å²) in [7, 11) is 1.39. The van der Waals surface area contributed by atoms with E-state index in [-0.39, 0.29) is 5.97 Å². The Morgan fingerprint density at radius 2 is 2.21 bits per heavy atom. The number of aryl methyl sites for hydroxylation is 1. The second kappa shape index (κ2) is 3.18. The first-order valence-corrected chi connectivity index (χ1v) is 4.39. The lowest BCUT2D eigenvalue weighted by atomic mass is 10.2. The number of esters is 1. The molecule has 2 aromatic heterocycles. The molecular formula is C11H11NO2. The molecule has 0 bridgehead atoms. The predicted octanol–water partition coefficient (Wildman–Crippen LogP) is 2.03. The quantitative estimate of drug-likeness (QED) is 0.643. The number of aromatic nitrogens is 1. The molecule has 2 aromatic rings. The molecule has 3 nitrogen and oxygen atoms in total. The fourth-order valence-electron chi connectivity index (χ4n) is 1.58. The van der Waals surface area contributed by atoms with E-state index in [4.69, 9.17) is 4.74 Å². The van der Waals surface area contributed by atoms with Crippen LogP contribution in [0, 0.1) is 6.92 Å². The van der Waals surface area contributed by atoms with Gasteiger partial charge in [-0.2, -0.15) is 0 Å². The number of pyridine rings is 1. The van der Waals surface area contributed by atoms with Gasteiger partial charge in [0.25, 0.3) is 0 Å². The lowest BCUT2D eigenvalue weighted by Crippen LogP contribution is -2.01. The van der Waals surface area contributed by atoms with Crippen molar-refractivity contribution in [3.05, 3.63) is 41.7 Å². The van der Waals surface area contributed by atoms with Crippen LogP contribution in [0.25, 0.3) is 5.52 Å². The van der Waals surface area contributed by atoms with Gasteiger partial charge in [0.15, 0.2) is 0 Å². The third-order valence-electron chi connectivity index (χ3n) is 2.34. The van der Waals surface area contributed by atoms with Crippen LogP contribution < -0.4 is 0 Å². The SMILES string of the molecule is COC(=O)c1cc2ccccn2c1C. The zero-order valence-electron chi connectivity index (χ0n) is 8.15. The minimum atomic E-state index is -0.286. The second-order valence-electron chi connectivity index (χ2n) is 3.13. The summed E-state index contributed by atoms with van der Waals surface area (Å²) in [6.45, 7) is 1.90. The molecule has 14 heavy (non-hydrogen) atoms. The summed E-state index contributed by atoms with van der Waals surface area (Å²) in [6.07, 6.45) is 1.93. The Balaban J connectivity index is 2.68. The number of nitrogens with zero attached hydrogens (tertiary/aromatic N) is 1. The minimum Gasteiger partial charge on any atom is -0.465 e. The highest BCUT2D eigenvalue weighted by Gasteiger charge is 2.12. The number of fused-ring (bicyclic) bond motifs is 1. The van der Waals surface area contributed by atoms with E-state index >= 15 is 0 Å². The molecule has 2 rings (SSSR count). The van der Waals surface area contributed by atoms with Gasteiger partial charge in [-0.05, 0) is 25.1 Å². The van der Waals surface area contributed by atoms with Crippen molar-refractivity contribution in [1.82, 2.24) is 4.40 Å². The van der Waals surface area contributed by atoms with Gasteiger partial charge < -0.3 is 9.14 Å². The Bertz CT molecular complexity index is 485. The molecule has 3 heteroatoms. The third kappa shape index (κ3) is 1.18. The number of methoxy groups -OCH3 is 1. The molecule has 0 amide bonds. The Kier molecular flexibility index (Phi) is 2.00. The van der Waals surface area contributed by atoms with E-state index in [1.807, 2.05) is 41.8 Å². The first kappa shape index (κ1) is 8.81. The van der Waals surface area contributed by atoms with Crippen molar-refractivity contribution in [2.24, 2.45) is 0 Å². The zero-order chi connectivity index (χ0) is 10.1. The maximum atomic E-state index is 11.4. The first-order valence-electron chi connectivity index (χ1n) is 4.39. The molecule has 0 radical (unpaired) electrons. The average Bonchev–Trinajstić information content (AvgIpc) is 2.56. The predicted molar refractivity (Wildman–Crippen MR) is 53.5 cm³/mol. The van der Waals surface area contributed by atoms with Gasteiger partial charge in [-0.3, -0.25) is 0 Å². The summed E-state index contributed by atoms with van der Waals surface area (Å²) < 4.78 is 6.66. The molecule has 0 aliphatic carbocycles. The van der Waals surface area contributed by atoms with E-state index in [9.17, 15) is 4.79 Å². The van der Waals surface area contributed by atoms with Crippen LogP contribution in [-0.2, 0) is 4.74 Å². The number of ether oxygens (including phenoxy) is 1. The summed E-state index contributed by atoms with van der Waals surface area (Å²) in [5, 5.41) is 0. The summed E-state index contributed by atoms with van der Waals surface area (Å²) in [5.41, 5.74) is 2.54.